The van der Waals surface area contributed by atoms with Gasteiger partial charge in [0.1, 0.15) is 8.07 Å². The Morgan fingerprint density at radius 1 is 1.14 bits per heavy atom. The van der Waals surface area contributed by atoms with Gasteiger partial charge in [0.25, 0.3) is 0 Å². The van der Waals surface area contributed by atoms with Crippen molar-refractivity contribution in [2.45, 2.75) is 19.6 Å². The monoisotopic (exact) mass is 212 g/mol. The van der Waals surface area contributed by atoms with Gasteiger partial charge in [-0.1, -0.05) is 19.6 Å². The third-order valence-electron chi connectivity index (χ3n) is 1.83. The molecule has 0 aromatic carbocycles. The van der Waals surface area contributed by atoms with Gasteiger partial charge in [0.2, 0.25) is 11.8 Å². The zero-order valence-corrected chi connectivity index (χ0v) is 10.3. The van der Waals surface area contributed by atoms with Gasteiger partial charge in [-0.2, -0.15) is 4.98 Å². The van der Waals surface area contributed by atoms with Crippen LogP contribution in [0.3, 0.4) is 0 Å². The van der Waals surface area contributed by atoms with Gasteiger partial charge >= 0.3 is 0 Å². The van der Waals surface area contributed by atoms with Gasteiger partial charge in [-0.3, -0.25) is 4.98 Å². The Morgan fingerprint density at radius 2 is 1.79 bits per heavy atom. The molecule has 78 valence electrons. The largest absolute Gasteiger partial charge is 0.480 e. The van der Waals surface area contributed by atoms with Gasteiger partial charge in [0.15, 0.2) is 0 Å². The van der Waals surface area contributed by atoms with Crippen molar-refractivity contribution in [1.82, 2.24) is 9.97 Å². The van der Waals surface area contributed by atoms with Gasteiger partial charge in [-0.15, -0.1) is 0 Å². The van der Waals surface area contributed by atoms with E-state index in [0.717, 1.165) is 5.32 Å². The lowest BCUT2D eigenvalue weighted by Gasteiger charge is -2.17. The molecule has 0 saturated carbocycles. The Hall–Kier alpha value is -1.10. The molecular weight excluding hydrogens is 196 g/mol. The summed E-state index contributed by atoms with van der Waals surface area (Å²) in [5.41, 5.74) is 0. The van der Waals surface area contributed by atoms with Gasteiger partial charge in [-0.25, -0.2) is 0 Å². The minimum atomic E-state index is -1.49. The number of methoxy groups -OCH3 is 2. The quantitative estimate of drug-likeness (QED) is 0.702. The zero-order chi connectivity index (χ0) is 10.8. The van der Waals surface area contributed by atoms with E-state index >= 15 is 0 Å². The Kier molecular flexibility index (Phi) is 3.10. The van der Waals surface area contributed by atoms with E-state index in [1.54, 1.807) is 20.4 Å². The third kappa shape index (κ3) is 2.23. The lowest BCUT2D eigenvalue weighted by Crippen LogP contribution is -2.41. The first-order chi connectivity index (χ1) is 6.49. The number of hydrogen-bond acceptors (Lipinski definition) is 4. The van der Waals surface area contributed by atoms with Crippen molar-refractivity contribution in [3.05, 3.63) is 6.20 Å². The molecule has 0 saturated heterocycles. The predicted octanol–water partition coefficient (Wildman–Crippen LogP) is 1.04. The fourth-order valence-corrected chi connectivity index (χ4v) is 2.36. The van der Waals surface area contributed by atoms with Crippen molar-refractivity contribution in [2.24, 2.45) is 0 Å². The van der Waals surface area contributed by atoms with Gasteiger partial charge in [0.05, 0.1) is 25.7 Å². The summed E-state index contributed by atoms with van der Waals surface area (Å²) in [6, 6.07) is 0. The number of ether oxygens (including phenoxy) is 2. The van der Waals surface area contributed by atoms with E-state index in [1.165, 1.54) is 0 Å². The van der Waals surface area contributed by atoms with Gasteiger partial charge in [0, 0.05) is 0 Å². The topological polar surface area (TPSA) is 44.2 Å². The fourth-order valence-electron chi connectivity index (χ4n) is 1.11. The fraction of sp³-hybridized carbons (Fsp3) is 0.556. The summed E-state index contributed by atoms with van der Waals surface area (Å²) in [4.78, 5) is 8.54. The maximum absolute atomic E-state index is 5.20. The first-order valence-electron chi connectivity index (χ1n) is 4.44. The lowest BCUT2D eigenvalue weighted by atomic mass is 10.7. The molecular formula is C9H16N2O2Si. The van der Waals surface area contributed by atoms with Crippen LogP contribution in [-0.4, -0.2) is 32.3 Å². The standard InChI is InChI=1S/C9H16N2O2Si/c1-12-7-6-10-9(14(3,4)5)8(11-7)13-2/h6H,1-5H3. The van der Waals surface area contributed by atoms with Gasteiger partial charge < -0.3 is 9.47 Å². The molecule has 1 aromatic rings. The molecule has 0 radical (unpaired) electrons. The summed E-state index contributed by atoms with van der Waals surface area (Å²) in [6.07, 6.45) is 1.64. The van der Waals surface area contributed by atoms with Crippen LogP contribution in [0.2, 0.25) is 19.6 Å². The number of hydrogen-bond donors (Lipinski definition) is 0. The molecule has 0 atom stereocenters. The van der Waals surface area contributed by atoms with Crippen LogP contribution in [0.4, 0.5) is 0 Å². The Bertz CT molecular complexity index is 323. The number of aromatic nitrogens is 2. The van der Waals surface area contributed by atoms with E-state index in [1.807, 2.05) is 0 Å². The molecule has 4 nitrogen and oxygen atoms in total. The number of rotatable bonds is 3. The third-order valence-corrected chi connectivity index (χ3v) is 3.60. The van der Waals surface area contributed by atoms with Crippen LogP contribution in [0.5, 0.6) is 11.8 Å². The highest BCUT2D eigenvalue weighted by Gasteiger charge is 2.24. The first kappa shape index (κ1) is 11.0. The molecule has 0 aliphatic rings. The van der Waals surface area contributed by atoms with Crippen molar-refractivity contribution >= 4 is 13.4 Å². The molecule has 0 spiro atoms. The van der Waals surface area contributed by atoms with E-state index < -0.39 is 8.07 Å². The van der Waals surface area contributed by atoms with E-state index in [9.17, 15) is 0 Å². The van der Waals surface area contributed by atoms with Gasteiger partial charge in [-0.05, 0) is 0 Å². The molecule has 0 fully saturated rings. The summed E-state index contributed by atoms with van der Waals surface area (Å²) in [5, 5.41) is 0.973. The average Bonchev–Trinajstić information content (AvgIpc) is 2.15. The maximum atomic E-state index is 5.20. The highest BCUT2D eigenvalue weighted by Crippen LogP contribution is 2.13. The molecule has 1 heterocycles. The Balaban J connectivity index is 3.18. The van der Waals surface area contributed by atoms with Crippen molar-refractivity contribution in [3.63, 3.8) is 0 Å². The average molecular weight is 212 g/mol. The first-order valence-corrected chi connectivity index (χ1v) is 7.94. The van der Waals surface area contributed by atoms with Crippen LogP contribution in [-0.2, 0) is 0 Å². The maximum Gasteiger partial charge on any atom is 0.235 e. The Labute approximate surface area is 85.3 Å². The molecule has 0 unspecified atom stereocenters. The predicted molar refractivity (Wildman–Crippen MR) is 58.1 cm³/mol. The molecule has 1 aromatic heterocycles. The highest BCUT2D eigenvalue weighted by atomic mass is 28.3. The summed E-state index contributed by atoms with van der Waals surface area (Å²) >= 11 is 0. The van der Waals surface area contributed by atoms with E-state index in [4.69, 9.17) is 9.47 Å². The minimum Gasteiger partial charge on any atom is -0.480 e. The van der Waals surface area contributed by atoms with Crippen LogP contribution in [0.25, 0.3) is 0 Å². The van der Waals surface area contributed by atoms with Crippen LogP contribution >= 0.6 is 0 Å². The number of nitrogens with zero attached hydrogens (tertiary/aromatic N) is 2. The van der Waals surface area contributed by atoms with E-state index in [0.29, 0.717) is 11.8 Å². The van der Waals surface area contributed by atoms with Crippen LogP contribution in [0.1, 0.15) is 0 Å². The second kappa shape index (κ2) is 3.96. The second-order valence-electron chi connectivity index (χ2n) is 4.02. The molecule has 0 aliphatic carbocycles. The summed E-state index contributed by atoms with van der Waals surface area (Å²) in [6.45, 7) is 6.60. The van der Waals surface area contributed by atoms with Crippen molar-refractivity contribution in [1.29, 1.82) is 0 Å². The van der Waals surface area contributed by atoms with E-state index in [-0.39, 0.29) is 0 Å². The van der Waals surface area contributed by atoms with Crippen LogP contribution in [0.15, 0.2) is 6.20 Å². The minimum absolute atomic E-state index is 0.490. The normalized spacial score (nSPS) is 11.2. The summed E-state index contributed by atoms with van der Waals surface area (Å²) in [7, 11) is 1.68. The van der Waals surface area contributed by atoms with Crippen molar-refractivity contribution < 1.29 is 9.47 Å². The molecule has 0 N–H and O–H groups in total. The molecule has 0 aliphatic heterocycles. The summed E-state index contributed by atoms with van der Waals surface area (Å²) in [5.74, 6) is 1.08. The molecule has 5 heteroatoms. The molecule has 1 rings (SSSR count). The smallest absolute Gasteiger partial charge is 0.235 e. The Morgan fingerprint density at radius 3 is 2.21 bits per heavy atom. The van der Waals surface area contributed by atoms with E-state index in [2.05, 4.69) is 29.6 Å². The SMILES string of the molecule is COc1cnc([Si](C)(C)C)c(OC)n1. The second-order valence-corrected chi connectivity index (χ2v) is 8.99. The molecule has 0 bridgehead atoms. The molecule has 14 heavy (non-hydrogen) atoms. The lowest BCUT2D eigenvalue weighted by molar-refractivity contribution is 0.364. The van der Waals surface area contributed by atoms with Crippen LogP contribution in [0, 0.1) is 0 Å². The van der Waals surface area contributed by atoms with Crippen molar-refractivity contribution in [2.75, 3.05) is 14.2 Å². The summed E-state index contributed by atoms with van der Waals surface area (Å²) < 4.78 is 10.2. The van der Waals surface area contributed by atoms with Crippen molar-refractivity contribution in [3.8, 4) is 11.8 Å². The zero-order valence-electron chi connectivity index (χ0n) is 9.29. The van der Waals surface area contributed by atoms with Crippen LogP contribution < -0.4 is 14.8 Å². The molecule has 0 amide bonds. The highest BCUT2D eigenvalue weighted by molar-refractivity contribution is 6.88.